The summed E-state index contributed by atoms with van der Waals surface area (Å²) < 4.78 is 6.03. The van der Waals surface area contributed by atoms with Crippen LogP contribution in [0.25, 0.3) is 11.1 Å². The van der Waals surface area contributed by atoms with E-state index in [1.54, 1.807) is 12.1 Å². The van der Waals surface area contributed by atoms with Gasteiger partial charge in [0.25, 0.3) is 0 Å². The average Bonchev–Trinajstić information content (AvgIpc) is 2.85. The minimum atomic E-state index is 0.277. The van der Waals surface area contributed by atoms with Gasteiger partial charge >= 0.3 is 0 Å². The van der Waals surface area contributed by atoms with Crippen molar-refractivity contribution < 1.29 is 9.84 Å². The number of piperazine rings is 1. The first-order valence-corrected chi connectivity index (χ1v) is 11.5. The predicted octanol–water partition coefficient (Wildman–Crippen LogP) is 5.05. The zero-order valence-electron chi connectivity index (χ0n) is 18.8. The molecule has 3 aromatic rings. The van der Waals surface area contributed by atoms with Gasteiger partial charge in [0.05, 0.1) is 0 Å². The number of nitrogens with zero attached hydrogens (tertiary/aromatic N) is 1. The maximum absolute atomic E-state index is 9.80. The summed E-state index contributed by atoms with van der Waals surface area (Å²) in [5, 5.41) is 13.2. The molecule has 4 nitrogen and oxygen atoms in total. The molecule has 4 heteroatoms. The summed E-state index contributed by atoms with van der Waals surface area (Å²) in [7, 11) is 0. The lowest BCUT2D eigenvalue weighted by Crippen LogP contribution is -2.44. The van der Waals surface area contributed by atoms with E-state index in [9.17, 15) is 5.11 Å². The quantitative estimate of drug-likeness (QED) is 0.493. The number of rotatable bonds is 8. The standard InChI is InChI=1S/C28H32N2O2/c1-2-27(22-6-4-3-5-7-22)28(23-8-12-25(31)13-9-23)24-10-14-26(15-11-24)32-21-20-30-18-16-29-17-19-30/h3-15,29,31H,2,16-21H2,1H3. The molecule has 2 N–H and O–H groups in total. The lowest BCUT2D eigenvalue weighted by molar-refractivity contribution is 0.191. The zero-order chi connectivity index (χ0) is 22.2. The Labute approximate surface area is 191 Å². The highest BCUT2D eigenvalue weighted by atomic mass is 16.5. The number of benzene rings is 3. The van der Waals surface area contributed by atoms with Crippen LogP contribution in [0.2, 0.25) is 0 Å². The van der Waals surface area contributed by atoms with E-state index in [2.05, 4.69) is 65.7 Å². The van der Waals surface area contributed by atoms with Crippen LogP contribution in [0.1, 0.15) is 30.0 Å². The third kappa shape index (κ3) is 5.58. The van der Waals surface area contributed by atoms with Gasteiger partial charge in [-0.1, -0.05) is 61.5 Å². The fraction of sp³-hybridized carbons (Fsp3) is 0.286. The summed E-state index contributed by atoms with van der Waals surface area (Å²) in [6, 6.07) is 26.4. The van der Waals surface area contributed by atoms with E-state index in [0.717, 1.165) is 56.0 Å². The van der Waals surface area contributed by atoms with Crippen LogP contribution < -0.4 is 10.1 Å². The van der Waals surface area contributed by atoms with Crippen LogP contribution in [-0.4, -0.2) is 49.3 Å². The molecule has 0 spiro atoms. The maximum atomic E-state index is 9.80. The molecule has 1 saturated heterocycles. The lowest BCUT2D eigenvalue weighted by Gasteiger charge is -2.26. The molecule has 166 valence electrons. The van der Waals surface area contributed by atoms with Crippen molar-refractivity contribution in [2.45, 2.75) is 13.3 Å². The van der Waals surface area contributed by atoms with Gasteiger partial charge in [-0.3, -0.25) is 4.90 Å². The summed E-state index contributed by atoms with van der Waals surface area (Å²) in [5.74, 6) is 1.17. The van der Waals surface area contributed by atoms with Gasteiger partial charge in [0.2, 0.25) is 0 Å². The topological polar surface area (TPSA) is 44.7 Å². The van der Waals surface area contributed by atoms with Gasteiger partial charge in [-0.2, -0.15) is 0 Å². The summed E-state index contributed by atoms with van der Waals surface area (Å²) >= 11 is 0. The first-order chi connectivity index (χ1) is 15.7. The Morgan fingerprint density at radius 1 is 0.844 bits per heavy atom. The Kier molecular flexibility index (Phi) is 7.59. The highest BCUT2D eigenvalue weighted by molar-refractivity contribution is 5.98. The van der Waals surface area contributed by atoms with E-state index < -0.39 is 0 Å². The minimum absolute atomic E-state index is 0.277. The van der Waals surface area contributed by atoms with Gasteiger partial charge in [0.15, 0.2) is 0 Å². The monoisotopic (exact) mass is 428 g/mol. The number of aromatic hydroxyl groups is 1. The van der Waals surface area contributed by atoms with E-state index in [1.807, 2.05) is 18.2 Å². The molecule has 0 saturated carbocycles. The number of phenols is 1. The third-order valence-electron chi connectivity index (χ3n) is 5.96. The highest BCUT2D eigenvalue weighted by Gasteiger charge is 2.14. The van der Waals surface area contributed by atoms with Crippen LogP contribution in [0.5, 0.6) is 11.5 Å². The molecule has 1 heterocycles. The van der Waals surface area contributed by atoms with E-state index >= 15 is 0 Å². The fourth-order valence-corrected chi connectivity index (χ4v) is 4.25. The van der Waals surface area contributed by atoms with Crippen LogP contribution in [-0.2, 0) is 0 Å². The van der Waals surface area contributed by atoms with Crippen molar-refractivity contribution in [3.63, 3.8) is 0 Å². The Morgan fingerprint density at radius 2 is 1.47 bits per heavy atom. The minimum Gasteiger partial charge on any atom is -0.508 e. The number of allylic oxidation sites excluding steroid dienone is 1. The Hall–Kier alpha value is -3.08. The Morgan fingerprint density at radius 3 is 2.09 bits per heavy atom. The second-order valence-corrected chi connectivity index (χ2v) is 8.08. The van der Waals surface area contributed by atoms with Gasteiger partial charge in [0.1, 0.15) is 18.1 Å². The highest BCUT2D eigenvalue weighted by Crippen LogP contribution is 2.35. The second kappa shape index (κ2) is 11.0. The van der Waals surface area contributed by atoms with Gasteiger partial charge in [0, 0.05) is 32.7 Å². The van der Waals surface area contributed by atoms with Crippen molar-refractivity contribution >= 4 is 11.1 Å². The molecule has 1 aliphatic heterocycles. The summed E-state index contributed by atoms with van der Waals surface area (Å²) in [5.41, 5.74) is 5.92. The zero-order valence-corrected chi connectivity index (χ0v) is 18.8. The van der Waals surface area contributed by atoms with E-state index in [0.29, 0.717) is 6.61 Å². The average molecular weight is 429 g/mol. The van der Waals surface area contributed by atoms with Gasteiger partial charge in [-0.05, 0) is 58.5 Å². The second-order valence-electron chi connectivity index (χ2n) is 8.08. The predicted molar refractivity (Wildman–Crippen MR) is 132 cm³/mol. The van der Waals surface area contributed by atoms with Gasteiger partial charge < -0.3 is 15.2 Å². The molecular formula is C28H32N2O2. The third-order valence-corrected chi connectivity index (χ3v) is 5.96. The fourth-order valence-electron chi connectivity index (χ4n) is 4.25. The summed E-state index contributed by atoms with van der Waals surface area (Å²) in [4.78, 5) is 2.43. The molecule has 1 aliphatic rings. The molecule has 3 aromatic carbocycles. The molecule has 1 fully saturated rings. The first-order valence-electron chi connectivity index (χ1n) is 11.5. The first kappa shape index (κ1) is 22.1. The number of hydrogen-bond acceptors (Lipinski definition) is 4. The van der Waals surface area contributed by atoms with Crippen molar-refractivity contribution in [1.29, 1.82) is 0 Å². The smallest absolute Gasteiger partial charge is 0.119 e. The lowest BCUT2D eigenvalue weighted by atomic mass is 9.88. The molecule has 0 amide bonds. The Bertz CT molecular complexity index is 1010. The molecule has 32 heavy (non-hydrogen) atoms. The van der Waals surface area contributed by atoms with Crippen molar-refractivity contribution in [1.82, 2.24) is 10.2 Å². The van der Waals surface area contributed by atoms with Crippen LogP contribution in [0, 0.1) is 0 Å². The number of phenolic OH excluding ortho intramolecular Hbond substituents is 1. The number of ether oxygens (including phenoxy) is 1. The number of hydrogen-bond donors (Lipinski definition) is 2. The molecule has 0 unspecified atom stereocenters. The molecule has 0 aliphatic carbocycles. The van der Waals surface area contributed by atoms with Crippen molar-refractivity contribution in [3.8, 4) is 11.5 Å². The van der Waals surface area contributed by atoms with E-state index in [4.69, 9.17) is 4.74 Å². The molecular weight excluding hydrogens is 396 g/mol. The van der Waals surface area contributed by atoms with Crippen LogP contribution in [0.3, 0.4) is 0 Å². The molecule has 0 aromatic heterocycles. The molecule has 0 atom stereocenters. The van der Waals surface area contributed by atoms with Crippen LogP contribution in [0.4, 0.5) is 0 Å². The van der Waals surface area contributed by atoms with Crippen LogP contribution >= 0.6 is 0 Å². The van der Waals surface area contributed by atoms with Crippen molar-refractivity contribution in [3.05, 3.63) is 95.6 Å². The largest absolute Gasteiger partial charge is 0.508 e. The summed E-state index contributed by atoms with van der Waals surface area (Å²) in [6.07, 6.45) is 0.906. The SMILES string of the molecule is CCC(=C(c1ccc(O)cc1)c1ccc(OCCN2CCNCC2)cc1)c1ccccc1. The normalized spacial score (nSPS) is 15.3. The Balaban J connectivity index is 1.58. The van der Waals surface area contributed by atoms with Crippen LogP contribution in [0.15, 0.2) is 78.9 Å². The molecule has 4 rings (SSSR count). The van der Waals surface area contributed by atoms with Crippen molar-refractivity contribution in [2.24, 2.45) is 0 Å². The van der Waals surface area contributed by atoms with E-state index in [-0.39, 0.29) is 5.75 Å². The number of nitrogens with one attached hydrogen (secondary N) is 1. The van der Waals surface area contributed by atoms with E-state index in [1.165, 1.54) is 16.7 Å². The maximum Gasteiger partial charge on any atom is 0.119 e. The van der Waals surface area contributed by atoms with Gasteiger partial charge in [-0.15, -0.1) is 0 Å². The van der Waals surface area contributed by atoms with Crippen molar-refractivity contribution in [2.75, 3.05) is 39.3 Å². The molecule has 0 bridgehead atoms. The molecule has 0 radical (unpaired) electrons. The summed E-state index contributed by atoms with van der Waals surface area (Å²) in [6.45, 7) is 8.13. The van der Waals surface area contributed by atoms with Gasteiger partial charge in [-0.25, -0.2) is 0 Å².